The van der Waals surface area contributed by atoms with Gasteiger partial charge in [-0.2, -0.15) is 8.42 Å². The van der Waals surface area contributed by atoms with Crippen LogP contribution >= 0.6 is 0 Å². The van der Waals surface area contributed by atoms with Gasteiger partial charge in [0.2, 0.25) is 0 Å². The Morgan fingerprint density at radius 3 is 2.05 bits per heavy atom. The van der Waals surface area contributed by atoms with E-state index in [4.69, 9.17) is 4.55 Å². The molecule has 0 fully saturated rings. The summed E-state index contributed by atoms with van der Waals surface area (Å²) in [5.41, 5.74) is 0. The summed E-state index contributed by atoms with van der Waals surface area (Å²) in [6, 6.07) is 0. The zero-order chi connectivity index (χ0) is 14.6. The minimum absolute atomic E-state index is 0.0902. The van der Waals surface area contributed by atoms with E-state index in [1.807, 2.05) is 0 Å². The monoisotopic (exact) mass is 294 g/mol. The SMILES string of the molecule is CCCCC(C)CCCCCCCCOS(=O)(=O)O. The van der Waals surface area contributed by atoms with E-state index in [9.17, 15) is 8.42 Å². The molecule has 4 nitrogen and oxygen atoms in total. The molecule has 0 aliphatic carbocycles. The molecule has 0 spiro atoms. The predicted molar refractivity (Wildman–Crippen MR) is 78.5 cm³/mol. The molecule has 0 saturated carbocycles. The lowest BCUT2D eigenvalue weighted by Crippen LogP contribution is -2.04. The van der Waals surface area contributed by atoms with Gasteiger partial charge in [0.05, 0.1) is 6.61 Å². The molecule has 19 heavy (non-hydrogen) atoms. The second kappa shape index (κ2) is 11.7. The quantitative estimate of drug-likeness (QED) is 0.405. The van der Waals surface area contributed by atoms with Crippen molar-refractivity contribution in [2.24, 2.45) is 5.92 Å². The molecule has 1 N–H and O–H groups in total. The van der Waals surface area contributed by atoms with Crippen molar-refractivity contribution in [2.75, 3.05) is 6.61 Å². The first-order valence-electron chi connectivity index (χ1n) is 7.57. The molecule has 5 heteroatoms. The molecule has 0 aliphatic rings. The first kappa shape index (κ1) is 18.9. The van der Waals surface area contributed by atoms with Crippen molar-refractivity contribution in [3.8, 4) is 0 Å². The summed E-state index contributed by atoms with van der Waals surface area (Å²) < 4.78 is 33.2. The van der Waals surface area contributed by atoms with Gasteiger partial charge >= 0.3 is 10.4 Å². The minimum Gasteiger partial charge on any atom is -0.264 e. The highest BCUT2D eigenvalue weighted by Gasteiger charge is 2.03. The predicted octanol–water partition coefficient (Wildman–Crippen LogP) is 4.36. The fourth-order valence-corrected chi connectivity index (χ4v) is 2.49. The zero-order valence-electron chi connectivity index (χ0n) is 12.4. The lowest BCUT2D eigenvalue weighted by molar-refractivity contribution is 0.261. The van der Waals surface area contributed by atoms with E-state index in [0.29, 0.717) is 6.42 Å². The maximum absolute atomic E-state index is 10.3. The van der Waals surface area contributed by atoms with Crippen LogP contribution < -0.4 is 0 Å². The third-order valence-electron chi connectivity index (χ3n) is 3.37. The van der Waals surface area contributed by atoms with Gasteiger partial charge in [-0.05, 0) is 12.3 Å². The van der Waals surface area contributed by atoms with Crippen LogP contribution in [-0.2, 0) is 14.6 Å². The molecule has 0 aromatic heterocycles. The standard InChI is InChI=1S/C14H30O4S/c1-3-4-11-14(2)12-9-7-5-6-8-10-13-18-19(15,16)17/h14H,3-13H2,1-2H3,(H,15,16,17). The summed E-state index contributed by atoms with van der Waals surface area (Å²) in [6.07, 6.45) is 11.8. The van der Waals surface area contributed by atoms with Crippen molar-refractivity contribution >= 4 is 10.4 Å². The average molecular weight is 294 g/mol. The topological polar surface area (TPSA) is 63.6 Å². The van der Waals surface area contributed by atoms with Gasteiger partial charge in [0.25, 0.3) is 0 Å². The third-order valence-corrected chi connectivity index (χ3v) is 3.84. The first-order chi connectivity index (χ1) is 8.95. The summed E-state index contributed by atoms with van der Waals surface area (Å²) in [5, 5.41) is 0. The van der Waals surface area contributed by atoms with Crippen molar-refractivity contribution in [1.82, 2.24) is 0 Å². The van der Waals surface area contributed by atoms with E-state index >= 15 is 0 Å². The van der Waals surface area contributed by atoms with Crippen molar-refractivity contribution in [1.29, 1.82) is 0 Å². The van der Waals surface area contributed by atoms with Crippen LogP contribution in [0.3, 0.4) is 0 Å². The van der Waals surface area contributed by atoms with Crippen LogP contribution in [0.4, 0.5) is 0 Å². The Hall–Kier alpha value is -0.130. The largest absolute Gasteiger partial charge is 0.397 e. The maximum atomic E-state index is 10.3. The molecule has 0 radical (unpaired) electrons. The average Bonchev–Trinajstić information content (AvgIpc) is 2.33. The summed E-state index contributed by atoms with van der Waals surface area (Å²) in [5.74, 6) is 0.850. The van der Waals surface area contributed by atoms with Gasteiger partial charge in [0.1, 0.15) is 0 Å². The molecule has 0 aromatic carbocycles. The van der Waals surface area contributed by atoms with E-state index in [1.54, 1.807) is 0 Å². The highest BCUT2D eigenvalue weighted by molar-refractivity contribution is 7.80. The molecule has 0 heterocycles. The first-order valence-corrected chi connectivity index (χ1v) is 8.94. The Kier molecular flexibility index (Phi) is 11.6. The van der Waals surface area contributed by atoms with Gasteiger partial charge in [0, 0.05) is 0 Å². The van der Waals surface area contributed by atoms with Crippen LogP contribution in [0.1, 0.15) is 78.1 Å². The molecular weight excluding hydrogens is 264 g/mol. The summed E-state index contributed by atoms with van der Waals surface area (Å²) in [6.45, 7) is 4.66. The van der Waals surface area contributed by atoms with Crippen LogP contribution in [0.2, 0.25) is 0 Å². The Bertz CT molecular complexity index is 288. The van der Waals surface area contributed by atoms with Gasteiger partial charge in [-0.3, -0.25) is 4.55 Å². The van der Waals surface area contributed by atoms with Crippen molar-refractivity contribution in [3.05, 3.63) is 0 Å². The Labute approximate surface area is 118 Å². The van der Waals surface area contributed by atoms with Crippen LogP contribution in [0.5, 0.6) is 0 Å². The second-order valence-corrected chi connectivity index (χ2v) is 6.50. The minimum atomic E-state index is -4.24. The molecule has 1 unspecified atom stereocenters. The number of unbranched alkanes of at least 4 members (excludes halogenated alkanes) is 6. The molecule has 0 rings (SSSR count). The molecule has 0 aromatic rings. The number of rotatable bonds is 13. The van der Waals surface area contributed by atoms with Gasteiger partial charge < -0.3 is 0 Å². The fraction of sp³-hybridized carbons (Fsp3) is 1.00. The van der Waals surface area contributed by atoms with Gasteiger partial charge in [0.15, 0.2) is 0 Å². The second-order valence-electron chi connectivity index (χ2n) is 5.41. The Morgan fingerprint density at radius 1 is 0.947 bits per heavy atom. The fourth-order valence-electron chi connectivity index (χ4n) is 2.16. The maximum Gasteiger partial charge on any atom is 0.397 e. The van der Waals surface area contributed by atoms with Crippen molar-refractivity contribution in [3.63, 3.8) is 0 Å². The highest BCUT2D eigenvalue weighted by Crippen LogP contribution is 2.16. The smallest absolute Gasteiger partial charge is 0.264 e. The van der Waals surface area contributed by atoms with E-state index in [-0.39, 0.29) is 6.61 Å². The van der Waals surface area contributed by atoms with Crippen molar-refractivity contribution in [2.45, 2.75) is 78.1 Å². The summed E-state index contributed by atoms with van der Waals surface area (Å²) in [4.78, 5) is 0. The molecule has 0 amide bonds. The van der Waals surface area contributed by atoms with E-state index in [2.05, 4.69) is 18.0 Å². The Morgan fingerprint density at radius 2 is 1.47 bits per heavy atom. The Balaban J connectivity index is 3.19. The van der Waals surface area contributed by atoms with Gasteiger partial charge in [-0.15, -0.1) is 0 Å². The summed E-state index contributed by atoms with van der Waals surface area (Å²) >= 11 is 0. The number of hydrogen-bond acceptors (Lipinski definition) is 3. The molecule has 116 valence electrons. The lowest BCUT2D eigenvalue weighted by Gasteiger charge is -2.10. The summed E-state index contributed by atoms with van der Waals surface area (Å²) in [7, 11) is -4.24. The lowest BCUT2D eigenvalue weighted by atomic mass is 9.97. The van der Waals surface area contributed by atoms with Gasteiger partial charge in [-0.25, -0.2) is 4.18 Å². The van der Waals surface area contributed by atoms with Crippen molar-refractivity contribution < 1.29 is 17.2 Å². The molecule has 0 bridgehead atoms. The van der Waals surface area contributed by atoms with Gasteiger partial charge in [-0.1, -0.05) is 71.6 Å². The van der Waals surface area contributed by atoms with Crippen LogP contribution in [0.15, 0.2) is 0 Å². The van der Waals surface area contributed by atoms with Crippen LogP contribution in [0.25, 0.3) is 0 Å². The highest BCUT2D eigenvalue weighted by atomic mass is 32.3. The van der Waals surface area contributed by atoms with E-state index < -0.39 is 10.4 Å². The third kappa shape index (κ3) is 15.8. The molecule has 1 atom stereocenters. The number of hydrogen-bond donors (Lipinski definition) is 1. The van der Waals surface area contributed by atoms with Crippen LogP contribution in [0, 0.1) is 5.92 Å². The normalized spacial score (nSPS) is 13.6. The molecule has 0 saturated heterocycles. The van der Waals surface area contributed by atoms with E-state index in [1.165, 1.54) is 44.9 Å². The van der Waals surface area contributed by atoms with E-state index in [0.717, 1.165) is 18.8 Å². The zero-order valence-corrected chi connectivity index (χ0v) is 13.3. The van der Waals surface area contributed by atoms with Crippen LogP contribution in [-0.4, -0.2) is 19.6 Å². The molecular formula is C14H30O4S. The molecule has 0 aliphatic heterocycles.